The lowest BCUT2D eigenvalue weighted by Crippen LogP contribution is -2.34. The van der Waals surface area contributed by atoms with Crippen molar-refractivity contribution >= 4 is 28.5 Å². The van der Waals surface area contributed by atoms with E-state index >= 15 is 0 Å². The van der Waals surface area contributed by atoms with Crippen molar-refractivity contribution in [2.24, 2.45) is 15.7 Å². The van der Waals surface area contributed by atoms with Crippen molar-refractivity contribution in [2.75, 3.05) is 7.05 Å². The molecule has 0 unspecified atom stereocenters. The third-order valence-electron chi connectivity index (χ3n) is 3.66. The van der Waals surface area contributed by atoms with Crippen LogP contribution in [0.2, 0.25) is 0 Å². The van der Waals surface area contributed by atoms with Gasteiger partial charge in [-0.05, 0) is 29.8 Å². The van der Waals surface area contributed by atoms with Gasteiger partial charge in [-0.25, -0.2) is 4.99 Å². The summed E-state index contributed by atoms with van der Waals surface area (Å²) < 4.78 is 0. The van der Waals surface area contributed by atoms with Crippen LogP contribution in [0.3, 0.4) is 0 Å². The first-order valence-electron chi connectivity index (χ1n) is 7.21. The number of pyridine rings is 1. The van der Waals surface area contributed by atoms with Gasteiger partial charge in [-0.15, -0.1) is 0 Å². The summed E-state index contributed by atoms with van der Waals surface area (Å²) in [6.07, 6.45) is 3.34. The fourth-order valence-corrected chi connectivity index (χ4v) is 2.55. The third kappa shape index (κ3) is 2.59. The quantitative estimate of drug-likeness (QED) is 0.886. The summed E-state index contributed by atoms with van der Waals surface area (Å²) in [6, 6.07) is 12.9. The molecule has 0 amide bonds. The van der Waals surface area contributed by atoms with Crippen molar-refractivity contribution in [1.82, 2.24) is 4.98 Å². The van der Waals surface area contributed by atoms with Crippen LogP contribution >= 0.6 is 0 Å². The molecule has 6 heteroatoms. The van der Waals surface area contributed by atoms with Crippen LogP contribution in [0, 0.1) is 16.7 Å². The SMILES string of the molecule is C/N=C1\C(=N)C(N)=NC(c2cccc(C#N)c2)=C1c1ccncc1. The molecule has 0 aliphatic carbocycles. The van der Waals surface area contributed by atoms with E-state index in [1.807, 2.05) is 18.2 Å². The lowest BCUT2D eigenvalue weighted by Gasteiger charge is -2.20. The molecule has 0 saturated carbocycles. The molecule has 3 N–H and O–H groups in total. The molecule has 3 rings (SSSR count). The highest BCUT2D eigenvalue weighted by Gasteiger charge is 2.26. The number of allylic oxidation sites excluding steroid dienone is 1. The number of nitrogens with one attached hydrogen (secondary N) is 1. The smallest absolute Gasteiger partial charge is 0.151 e. The summed E-state index contributed by atoms with van der Waals surface area (Å²) in [5.41, 5.74) is 9.87. The van der Waals surface area contributed by atoms with Gasteiger partial charge in [0.05, 0.1) is 23.0 Å². The Bertz CT molecular complexity index is 945. The maximum absolute atomic E-state index is 9.14. The zero-order valence-corrected chi connectivity index (χ0v) is 13.0. The predicted molar refractivity (Wildman–Crippen MR) is 94.9 cm³/mol. The van der Waals surface area contributed by atoms with E-state index in [0.29, 0.717) is 22.5 Å². The number of nitrogens with zero attached hydrogens (tertiary/aromatic N) is 4. The molecule has 24 heavy (non-hydrogen) atoms. The monoisotopic (exact) mass is 314 g/mol. The number of hydrogen-bond acceptors (Lipinski definition) is 6. The van der Waals surface area contributed by atoms with E-state index in [9.17, 15) is 0 Å². The number of rotatable bonds is 2. The Morgan fingerprint density at radius 2 is 1.92 bits per heavy atom. The second-order valence-corrected chi connectivity index (χ2v) is 5.10. The first-order chi connectivity index (χ1) is 11.7. The molecule has 1 aliphatic rings. The van der Waals surface area contributed by atoms with E-state index in [0.717, 1.165) is 11.1 Å². The Hall–Kier alpha value is -3.59. The Kier molecular flexibility index (Phi) is 4.00. The number of amidine groups is 1. The van der Waals surface area contributed by atoms with Gasteiger partial charge in [0.15, 0.2) is 5.84 Å². The number of nitriles is 1. The third-order valence-corrected chi connectivity index (χ3v) is 3.66. The lowest BCUT2D eigenvalue weighted by molar-refractivity contribution is 1.31. The summed E-state index contributed by atoms with van der Waals surface area (Å²) in [4.78, 5) is 12.7. The molecule has 0 saturated heterocycles. The van der Waals surface area contributed by atoms with E-state index in [-0.39, 0.29) is 11.5 Å². The van der Waals surface area contributed by atoms with Gasteiger partial charge in [0.1, 0.15) is 5.71 Å². The molecule has 0 spiro atoms. The zero-order valence-electron chi connectivity index (χ0n) is 13.0. The van der Waals surface area contributed by atoms with Gasteiger partial charge < -0.3 is 5.73 Å². The van der Waals surface area contributed by atoms with Crippen molar-refractivity contribution in [1.29, 1.82) is 10.7 Å². The molecule has 1 aromatic carbocycles. The Balaban J connectivity index is 2.34. The first-order valence-corrected chi connectivity index (χ1v) is 7.21. The normalized spacial score (nSPS) is 16.1. The van der Waals surface area contributed by atoms with E-state index in [1.54, 1.807) is 37.6 Å². The minimum absolute atomic E-state index is 0.0875. The summed E-state index contributed by atoms with van der Waals surface area (Å²) >= 11 is 0. The summed E-state index contributed by atoms with van der Waals surface area (Å²) in [5.74, 6) is 0.103. The molecule has 1 aromatic heterocycles. The Labute approximate surface area is 139 Å². The van der Waals surface area contributed by atoms with E-state index in [1.165, 1.54) is 0 Å². The van der Waals surface area contributed by atoms with E-state index < -0.39 is 0 Å². The molecule has 116 valence electrons. The van der Waals surface area contributed by atoms with E-state index in [4.69, 9.17) is 16.4 Å². The minimum atomic E-state index is 0.0875. The second kappa shape index (κ2) is 6.26. The van der Waals surface area contributed by atoms with Crippen LogP contribution in [0.15, 0.2) is 58.8 Å². The fraction of sp³-hybridized carbons (Fsp3) is 0.0556. The van der Waals surface area contributed by atoms with Crippen molar-refractivity contribution in [2.45, 2.75) is 0 Å². The van der Waals surface area contributed by atoms with Crippen molar-refractivity contribution in [3.63, 3.8) is 0 Å². The predicted octanol–water partition coefficient (Wildman–Crippen LogP) is 2.28. The molecule has 1 aliphatic heterocycles. The van der Waals surface area contributed by atoms with Crippen LogP contribution in [0.25, 0.3) is 11.3 Å². The van der Waals surface area contributed by atoms with Crippen LogP contribution in [-0.2, 0) is 0 Å². The molecule has 0 fully saturated rings. The zero-order chi connectivity index (χ0) is 17.1. The second-order valence-electron chi connectivity index (χ2n) is 5.10. The van der Waals surface area contributed by atoms with Gasteiger partial charge >= 0.3 is 0 Å². The molecule has 0 radical (unpaired) electrons. The molecular formula is C18H14N6. The van der Waals surface area contributed by atoms with Crippen LogP contribution in [0.1, 0.15) is 16.7 Å². The summed E-state index contributed by atoms with van der Waals surface area (Å²) in [5, 5.41) is 17.3. The standard InChI is InChI=1S/C18H14N6/c1-22-17-14(12-5-7-23-8-6-12)16(24-18(21)15(17)20)13-4-2-3-11(9-13)10-19/h2-9,20H,1H3,(H2,21,24)/b20-15?,22-17-. The number of nitrogens with two attached hydrogens (primary N) is 1. The van der Waals surface area contributed by atoms with Crippen LogP contribution in [0.5, 0.6) is 0 Å². The number of benzene rings is 1. The average Bonchev–Trinajstić information content (AvgIpc) is 2.64. The van der Waals surface area contributed by atoms with Crippen LogP contribution in [-0.4, -0.2) is 29.3 Å². The molecule has 0 atom stereocenters. The topological polar surface area (TPSA) is 111 Å². The summed E-state index contributed by atoms with van der Waals surface area (Å²) in [7, 11) is 1.62. The summed E-state index contributed by atoms with van der Waals surface area (Å²) in [6.45, 7) is 0. The highest BCUT2D eigenvalue weighted by molar-refractivity contribution is 6.77. The van der Waals surface area contributed by atoms with Crippen molar-refractivity contribution in [3.8, 4) is 6.07 Å². The van der Waals surface area contributed by atoms with Gasteiger partial charge in [0.2, 0.25) is 0 Å². The van der Waals surface area contributed by atoms with Gasteiger partial charge in [-0.1, -0.05) is 12.1 Å². The van der Waals surface area contributed by atoms with Gasteiger partial charge in [-0.2, -0.15) is 5.26 Å². The van der Waals surface area contributed by atoms with E-state index in [2.05, 4.69) is 21.0 Å². The number of aromatic nitrogens is 1. The largest absolute Gasteiger partial charge is 0.382 e. The highest BCUT2D eigenvalue weighted by Crippen LogP contribution is 2.32. The maximum atomic E-state index is 9.14. The molecular weight excluding hydrogens is 300 g/mol. The molecule has 2 aromatic rings. The highest BCUT2D eigenvalue weighted by atomic mass is 14.9. The van der Waals surface area contributed by atoms with Gasteiger partial charge in [0.25, 0.3) is 0 Å². The molecule has 0 bridgehead atoms. The van der Waals surface area contributed by atoms with Crippen molar-refractivity contribution < 1.29 is 0 Å². The lowest BCUT2D eigenvalue weighted by atomic mass is 9.91. The number of aliphatic imine (C=N–C) groups is 2. The van der Waals surface area contributed by atoms with Crippen LogP contribution < -0.4 is 5.73 Å². The molecule has 2 heterocycles. The Morgan fingerprint density at radius 1 is 1.17 bits per heavy atom. The minimum Gasteiger partial charge on any atom is -0.382 e. The van der Waals surface area contributed by atoms with Crippen LogP contribution in [0.4, 0.5) is 0 Å². The first kappa shape index (κ1) is 15.3. The Morgan fingerprint density at radius 3 is 2.58 bits per heavy atom. The van der Waals surface area contributed by atoms with Gasteiger partial charge in [-0.3, -0.25) is 15.4 Å². The fourth-order valence-electron chi connectivity index (χ4n) is 2.55. The van der Waals surface area contributed by atoms with Gasteiger partial charge in [0, 0.05) is 30.6 Å². The van der Waals surface area contributed by atoms with Crippen molar-refractivity contribution in [3.05, 3.63) is 65.5 Å². The number of hydrogen-bond donors (Lipinski definition) is 2. The molecule has 6 nitrogen and oxygen atoms in total. The maximum Gasteiger partial charge on any atom is 0.151 e. The average molecular weight is 314 g/mol.